The topological polar surface area (TPSA) is 46.6 Å². The first-order valence-electron chi connectivity index (χ1n) is 8.16. The number of methoxy groups -OCH3 is 1. The smallest absolute Gasteiger partial charge is 0.329 e. The van der Waals surface area contributed by atoms with E-state index in [-0.39, 0.29) is 11.9 Å². The molecule has 120 valence electrons. The fraction of sp³-hybridized carbons (Fsp3) is 0.556. The summed E-state index contributed by atoms with van der Waals surface area (Å²) in [6, 6.07) is 7.21. The summed E-state index contributed by atoms with van der Waals surface area (Å²) in [6.45, 7) is 2.17. The lowest BCUT2D eigenvalue weighted by molar-refractivity contribution is -0.143. The van der Waals surface area contributed by atoms with Crippen LogP contribution in [-0.4, -0.2) is 25.0 Å². The number of para-hydroxylation sites is 1. The minimum atomic E-state index is -0.509. The zero-order chi connectivity index (χ0) is 15.9. The van der Waals surface area contributed by atoms with E-state index in [9.17, 15) is 9.59 Å². The SMILES string of the molecule is CCCCCCCC(=O)N1c2ccccc2CC1C(=O)OC. The molecule has 1 unspecified atom stereocenters. The minimum Gasteiger partial charge on any atom is -0.467 e. The maximum atomic E-state index is 12.6. The largest absolute Gasteiger partial charge is 0.467 e. The molecule has 0 N–H and O–H groups in total. The van der Waals surface area contributed by atoms with Gasteiger partial charge in [0.1, 0.15) is 6.04 Å². The van der Waals surface area contributed by atoms with Crippen molar-refractivity contribution < 1.29 is 14.3 Å². The van der Waals surface area contributed by atoms with Crippen LogP contribution in [0.4, 0.5) is 5.69 Å². The summed E-state index contributed by atoms with van der Waals surface area (Å²) in [5.74, 6) is -0.313. The molecule has 0 fully saturated rings. The van der Waals surface area contributed by atoms with Crippen LogP contribution in [0, 0.1) is 0 Å². The fourth-order valence-electron chi connectivity index (χ4n) is 3.02. The molecular weight excluding hydrogens is 278 g/mol. The van der Waals surface area contributed by atoms with Gasteiger partial charge in [-0.05, 0) is 18.1 Å². The standard InChI is InChI=1S/C18H25NO3/c1-3-4-5-6-7-12-17(20)19-15-11-9-8-10-14(15)13-16(19)18(21)22-2/h8-11,16H,3-7,12-13H2,1-2H3. The van der Waals surface area contributed by atoms with Crippen molar-refractivity contribution in [3.63, 3.8) is 0 Å². The molecule has 1 aromatic carbocycles. The van der Waals surface area contributed by atoms with Crippen molar-refractivity contribution in [1.29, 1.82) is 0 Å². The second-order valence-corrected chi connectivity index (χ2v) is 5.80. The Labute approximate surface area is 132 Å². The number of esters is 1. The van der Waals surface area contributed by atoms with E-state index >= 15 is 0 Å². The fourth-order valence-corrected chi connectivity index (χ4v) is 3.02. The zero-order valence-corrected chi connectivity index (χ0v) is 13.5. The van der Waals surface area contributed by atoms with Gasteiger partial charge in [-0.15, -0.1) is 0 Å². The van der Waals surface area contributed by atoms with Gasteiger partial charge in [-0.2, -0.15) is 0 Å². The summed E-state index contributed by atoms with van der Waals surface area (Å²) in [7, 11) is 1.37. The Morgan fingerprint density at radius 1 is 1.18 bits per heavy atom. The third-order valence-electron chi connectivity index (χ3n) is 4.21. The number of fused-ring (bicyclic) bond motifs is 1. The summed E-state index contributed by atoms with van der Waals surface area (Å²) in [6.07, 6.45) is 6.56. The van der Waals surface area contributed by atoms with Gasteiger partial charge in [0.05, 0.1) is 7.11 Å². The highest BCUT2D eigenvalue weighted by atomic mass is 16.5. The Morgan fingerprint density at radius 3 is 2.64 bits per heavy atom. The van der Waals surface area contributed by atoms with Crippen molar-refractivity contribution in [3.8, 4) is 0 Å². The average molecular weight is 303 g/mol. The van der Waals surface area contributed by atoms with Gasteiger partial charge in [-0.3, -0.25) is 9.69 Å². The number of carbonyl (C=O) groups excluding carboxylic acids is 2. The first kappa shape index (κ1) is 16.5. The number of carbonyl (C=O) groups is 2. The number of rotatable bonds is 7. The molecule has 0 saturated heterocycles. The Balaban J connectivity index is 2.04. The van der Waals surface area contributed by atoms with Gasteiger partial charge < -0.3 is 4.74 Å². The summed E-state index contributed by atoms with van der Waals surface area (Å²) in [4.78, 5) is 26.2. The average Bonchev–Trinajstić information content (AvgIpc) is 2.93. The molecule has 0 saturated carbocycles. The Kier molecular flexibility index (Phi) is 5.99. The lowest BCUT2D eigenvalue weighted by Crippen LogP contribution is -2.43. The van der Waals surface area contributed by atoms with Gasteiger partial charge in [-0.25, -0.2) is 4.79 Å². The first-order valence-corrected chi connectivity index (χ1v) is 8.16. The number of amides is 1. The lowest BCUT2D eigenvalue weighted by atomic mass is 10.1. The number of hydrogen-bond acceptors (Lipinski definition) is 3. The monoisotopic (exact) mass is 303 g/mol. The van der Waals surface area contributed by atoms with Crippen LogP contribution in [0.15, 0.2) is 24.3 Å². The van der Waals surface area contributed by atoms with E-state index in [0.717, 1.165) is 24.1 Å². The Hall–Kier alpha value is -1.84. The highest BCUT2D eigenvalue weighted by Gasteiger charge is 2.38. The normalized spacial score (nSPS) is 16.5. The first-order chi connectivity index (χ1) is 10.7. The molecular formula is C18H25NO3. The van der Waals surface area contributed by atoms with Crippen molar-refractivity contribution in [2.45, 2.75) is 57.9 Å². The van der Waals surface area contributed by atoms with E-state index in [1.165, 1.54) is 26.4 Å². The summed E-state index contributed by atoms with van der Waals surface area (Å²) < 4.78 is 4.87. The van der Waals surface area contributed by atoms with Crippen molar-refractivity contribution in [2.75, 3.05) is 12.0 Å². The van der Waals surface area contributed by atoms with Crippen molar-refractivity contribution in [1.82, 2.24) is 0 Å². The van der Waals surface area contributed by atoms with Gasteiger partial charge in [0, 0.05) is 18.5 Å². The third-order valence-corrected chi connectivity index (χ3v) is 4.21. The van der Waals surface area contributed by atoms with Gasteiger partial charge in [0.15, 0.2) is 0 Å². The van der Waals surface area contributed by atoms with E-state index in [1.807, 2.05) is 24.3 Å². The van der Waals surface area contributed by atoms with Crippen LogP contribution < -0.4 is 4.90 Å². The molecule has 4 heteroatoms. The highest BCUT2D eigenvalue weighted by molar-refractivity contribution is 6.02. The Morgan fingerprint density at radius 2 is 1.91 bits per heavy atom. The minimum absolute atomic E-state index is 0.0249. The molecule has 1 atom stereocenters. The molecule has 0 bridgehead atoms. The summed E-state index contributed by atoms with van der Waals surface area (Å²) >= 11 is 0. The molecule has 1 aromatic rings. The van der Waals surface area contributed by atoms with E-state index in [2.05, 4.69) is 6.92 Å². The summed E-state index contributed by atoms with van der Waals surface area (Å²) in [5, 5.41) is 0. The van der Waals surface area contributed by atoms with Gasteiger partial charge in [-0.1, -0.05) is 50.8 Å². The molecule has 0 aliphatic carbocycles. The van der Waals surface area contributed by atoms with E-state index in [1.54, 1.807) is 4.90 Å². The second kappa shape index (κ2) is 7.97. The van der Waals surface area contributed by atoms with Gasteiger partial charge in [0.25, 0.3) is 0 Å². The number of hydrogen-bond donors (Lipinski definition) is 0. The molecule has 1 aliphatic heterocycles. The number of ether oxygens (including phenoxy) is 1. The molecule has 1 amide bonds. The van der Waals surface area contributed by atoms with Crippen LogP contribution in [0.1, 0.15) is 51.0 Å². The van der Waals surface area contributed by atoms with E-state index < -0.39 is 6.04 Å². The van der Waals surface area contributed by atoms with Gasteiger partial charge in [0.2, 0.25) is 5.91 Å². The maximum absolute atomic E-state index is 12.6. The van der Waals surface area contributed by atoms with Crippen LogP contribution in [0.25, 0.3) is 0 Å². The van der Waals surface area contributed by atoms with Gasteiger partial charge >= 0.3 is 5.97 Å². The predicted octanol–water partition coefficient (Wildman–Crippen LogP) is 3.48. The lowest BCUT2D eigenvalue weighted by Gasteiger charge is -2.23. The Bertz CT molecular complexity index is 527. The van der Waals surface area contributed by atoms with Crippen LogP contribution in [0.5, 0.6) is 0 Å². The molecule has 0 aromatic heterocycles. The van der Waals surface area contributed by atoms with E-state index in [0.29, 0.717) is 12.8 Å². The second-order valence-electron chi connectivity index (χ2n) is 5.80. The number of anilines is 1. The number of unbranched alkanes of at least 4 members (excludes halogenated alkanes) is 4. The van der Waals surface area contributed by atoms with Crippen LogP contribution in [0.3, 0.4) is 0 Å². The predicted molar refractivity (Wildman–Crippen MR) is 86.8 cm³/mol. The number of nitrogens with zero attached hydrogens (tertiary/aromatic N) is 1. The quantitative estimate of drug-likeness (QED) is 0.572. The maximum Gasteiger partial charge on any atom is 0.329 e. The number of benzene rings is 1. The third kappa shape index (κ3) is 3.67. The van der Waals surface area contributed by atoms with Crippen LogP contribution >= 0.6 is 0 Å². The molecule has 0 spiro atoms. The molecule has 1 heterocycles. The molecule has 22 heavy (non-hydrogen) atoms. The van der Waals surface area contributed by atoms with Crippen molar-refractivity contribution in [2.24, 2.45) is 0 Å². The van der Waals surface area contributed by atoms with Crippen LogP contribution in [-0.2, 0) is 20.7 Å². The molecule has 4 nitrogen and oxygen atoms in total. The van der Waals surface area contributed by atoms with Crippen molar-refractivity contribution >= 4 is 17.6 Å². The van der Waals surface area contributed by atoms with Crippen molar-refractivity contribution in [3.05, 3.63) is 29.8 Å². The van der Waals surface area contributed by atoms with E-state index in [4.69, 9.17) is 4.74 Å². The molecule has 1 aliphatic rings. The molecule has 2 rings (SSSR count). The van der Waals surface area contributed by atoms with Crippen LogP contribution in [0.2, 0.25) is 0 Å². The molecule has 0 radical (unpaired) electrons. The summed E-state index contributed by atoms with van der Waals surface area (Å²) in [5.41, 5.74) is 1.90. The zero-order valence-electron chi connectivity index (χ0n) is 13.5. The highest BCUT2D eigenvalue weighted by Crippen LogP contribution is 2.33.